The highest BCUT2D eigenvalue weighted by Gasteiger charge is 2.43. The zero-order valence-electron chi connectivity index (χ0n) is 12.5. The summed E-state index contributed by atoms with van der Waals surface area (Å²) in [6.07, 6.45) is 3.11. The Morgan fingerprint density at radius 2 is 2.35 bits per heavy atom. The molecule has 128 valence electrons. The number of aromatic amines is 1. The molecule has 0 aromatic carbocycles. The number of hydrogen-bond donors (Lipinski definition) is 2. The van der Waals surface area contributed by atoms with Gasteiger partial charge < -0.3 is 9.64 Å². The molecule has 2 atom stereocenters. The van der Waals surface area contributed by atoms with E-state index in [1.807, 2.05) is 4.90 Å². The van der Waals surface area contributed by atoms with Crippen LogP contribution in [0, 0.1) is 0 Å². The van der Waals surface area contributed by atoms with Gasteiger partial charge in [0.15, 0.2) is 0 Å². The molecule has 0 spiro atoms. The lowest BCUT2D eigenvalue weighted by Gasteiger charge is -2.22. The Hall–Kier alpha value is -1.25. The molecule has 2 N–H and O–H groups in total. The molecular weight excluding hydrogens is 330 g/mol. The Labute approximate surface area is 137 Å². The van der Waals surface area contributed by atoms with Crippen LogP contribution >= 0.6 is 11.6 Å². The summed E-state index contributed by atoms with van der Waals surface area (Å²) < 4.78 is 32.6. The zero-order chi connectivity index (χ0) is 16.4. The highest BCUT2D eigenvalue weighted by atomic mass is 35.5. The normalized spacial score (nSPS) is 26.8. The largest absolute Gasteiger partial charge is 0.366 e. The van der Waals surface area contributed by atoms with Crippen molar-refractivity contribution in [3.8, 4) is 0 Å². The standard InChI is InChI=1S/C14H19ClF2N4O2/c15-12-10(6-19-20-13(12)22)21-5-3-9(7-21)23-8-18-11-2-1-4-14(11,16)17/h6,9,11,18H,1-5,7-8H2,(H,20,22)/t9-,11?/m1/s1. The van der Waals surface area contributed by atoms with E-state index < -0.39 is 17.5 Å². The van der Waals surface area contributed by atoms with Crippen molar-refractivity contribution < 1.29 is 13.5 Å². The van der Waals surface area contributed by atoms with Crippen molar-refractivity contribution in [2.24, 2.45) is 0 Å². The van der Waals surface area contributed by atoms with Crippen LogP contribution in [-0.4, -0.2) is 48.1 Å². The third-order valence-electron chi connectivity index (χ3n) is 4.42. The third-order valence-corrected chi connectivity index (χ3v) is 4.79. The van der Waals surface area contributed by atoms with Crippen molar-refractivity contribution >= 4 is 17.3 Å². The third kappa shape index (κ3) is 3.64. The Bertz CT molecular complexity index is 613. The fourth-order valence-electron chi connectivity index (χ4n) is 3.12. The molecule has 23 heavy (non-hydrogen) atoms. The molecule has 2 heterocycles. The van der Waals surface area contributed by atoms with Gasteiger partial charge in [0.25, 0.3) is 11.5 Å². The van der Waals surface area contributed by atoms with Gasteiger partial charge in [0, 0.05) is 19.5 Å². The van der Waals surface area contributed by atoms with Gasteiger partial charge in [-0.2, -0.15) is 5.10 Å². The van der Waals surface area contributed by atoms with Crippen molar-refractivity contribution in [1.82, 2.24) is 15.5 Å². The van der Waals surface area contributed by atoms with Crippen LogP contribution in [0.4, 0.5) is 14.5 Å². The van der Waals surface area contributed by atoms with Gasteiger partial charge in [-0.25, -0.2) is 13.9 Å². The van der Waals surface area contributed by atoms with Crippen LogP contribution in [0.25, 0.3) is 0 Å². The molecule has 9 heteroatoms. The van der Waals surface area contributed by atoms with Crippen LogP contribution in [0.15, 0.2) is 11.0 Å². The van der Waals surface area contributed by atoms with Gasteiger partial charge in [-0.05, 0) is 19.3 Å². The van der Waals surface area contributed by atoms with Crippen LogP contribution in [-0.2, 0) is 4.74 Å². The predicted octanol–water partition coefficient (Wildman–Crippen LogP) is 1.75. The number of H-pyrrole nitrogens is 1. The maximum absolute atomic E-state index is 13.5. The molecule has 1 unspecified atom stereocenters. The summed E-state index contributed by atoms with van der Waals surface area (Å²) in [5.74, 6) is -2.64. The summed E-state index contributed by atoms with van der Waals surface area (Å²) >= 11 is 5.98. The van der Waals surface area contributed by atoms with Crippen LogP contribution in [0.1, 0.15) is 25.7 Å². The van der Waals surface area contributed by atoms with E-state index in [1.54, 1.807) is 0 Å². The number of rotatable bonds is 5. The van der Waals surface area contributed by atoms with Gasteiger partial charge in [0.2, 0.25) is 0 Å². The van der Waals surface area contributed by atoms with E-state index in [9.17, 15) is 13.6 Å². The highest BCUT2D eigenvalue weighted by Crippen LogP contribution is 2.35. The molecule has 1 aromatic rings. The van der Waals surface area contributed by atoms with Crippen molar-refractivity contribution in [3.05, 3.63) is 21.6 Å². The Morgan fingerprint density at radius 1 is 1.52 bits per heavy atom. The number of nitrogens with zero attached hydrogens (tertiary/aromatic N) is 2. The molecule has 1 saturated carbocycles. The van der Waals surface area contributed by atoms with Crippen LogP contribution < -0.4 is 15.8 Å². The number of ether oxygens (including phenoxy) is 1. The Kier molecular flexibility index (Phi) is 4.84. The van der Waals surface area contributed by atoms with E-state index in [2.05, 4.69) is 15.5 Å². The van der Waals surface area contributed by atoms with E-state index in [1.165, 1.54) is 6.20 Å². The average Bonchev–Trinajstić information content (AvgIpc) is 3.09. The molecule has 1 aliphatic heterocycles. The lowest BCUT2D eigenvalue weighted by molar-refractivity contribution is -0.0366. The van der Waals surface area contributed by atoms with Crippen LogP contribution in [0.3, 0.4) is 0 Å². The summed E-state index contributed by atoms with van der Waals surface area (Å²) in [6.45, 7) is 1.32. The summed E-state index contributed by atoms with van der Waals surface area (Å²) in [7, 11) is 0. The first-order valence-corrected chi connectivity index (χ1v) is 8.06. The van der Waals surface area contributed by atoms with Crippen molar-refractivity contribution in [3.63, 3.8) is 0 Å². The Balaban J connectivity index is 1.49. The Morgan fingerprint density at radius 3 is 3.09 bits per heavy atom. The molecule has 0 bridgehead atoms. The molecule has 2 fully saturated rings. The number of hydrogen-bond acceptors (Lipinski definition) is 5. The van der Waals surface area contributed by atoms with Gasteiger partial charge in [-0.15, -0.1) is 0 Å². The van der Waals surface area contributed by atoms with E-state index in [0.29, 0.717) is 31.6 Å². The van der Waals surface area contributed by atoms with E-state index in [-0.39, 0.29) is 24.3 Å². The molecule has 0 radical (unpaired) electrons. The fraction of sp³-hybridized carbons (Fsp3) is 0.714. The lowest BCUT2D eigenvalue weighted by Crippen LogP contribution is -2.42. The van der Waals surface area contributed by atoms with Gasteiger partial charge in [0.1, 0.15) is 5.02 Å². The zero-order valence-corrected chi connectivity index (χ0v) is 13.3. The minimum absolute atomic E-state index is 0.0596. The van der Waals surface area contributed by atoms with Crippen LogP contribution in [0.5, 0.6) is 0 Å². The first-order chi connectivity index (χ1) is 11.0. The maximum Gasteiger partial charge on any atom is 0.285 e. The topological polar surface area (TPSA) is 70.2 Å². The SMILES string of the molecule is O=c1[nH]ncc(N2CC[C@@H](OCNC3CCCC3(F)F)C2)c1Cl. The number of halogens is 3. The van der Waals surface area contributed by atoms with Gasteiger partial charge in [-0.3, -0.25) is 10.1 Å². The molecule has 2 aliphatic rings. The highest BCUT2D eigenvalue weighted by molar-refractivity contribution is 6.33. The molecule has 1 aliphatic carbocycles. The molecule has 6 nitrogen and oxygen atoms in total. The summed E-state index contributed by atoms with van der Waals surface area (Å²) in [5.41, 5.74) is 0.135. The van der Waals surface area contributed by atoms with E-state index >= 15 is 0 Å². The van der Waals surface area contributed by atoms with Crippen molar-refractivity contribution in [2.75, 3.05) is 24.7 Å². The first-order valence-electron chi connectivity index (χ1n) is 7.68. The summed E-state index contributed by atoms with van der Waals surface area (Å²) in [6, 6.07) is -0.800. The fourth-order valence-corrected chi connectivity index (χ4v) is 3.33. The van der Waals surface area contributed by atoms with Crippen LogP contribution in [0.2, 0.25) is 5.02 Å². The minimum atomic E-state index is -2.64. The summed E-state index contributed by atoms with van der Waals surface area (Å²) in [5, 5.41) is 8.91. The van der Waals surface area contributed by atoms with Crippen molar-refractivity contribution in [1.29, 1.82) is 0 Å². The predicted molar refractivity (Wildman–Crippen MR) is 82.2 cm³/mol. The maximum atomic E-state index is 13.5. The number of aromatic nitrogens is 2. The van der Waals surface area contributed by atoms with Gasteiger partial charge >= 0.3 is 0 Å². The number of nitrogens with one attached hydrogen (secondary N) is 2. The molecular formula is C14H19ClF2N4O2. The second-order valence-corrected chi connectivity index (χ2v) is 6.35. The quantitative estimate of drug-likeness (QED) is 0.793. The smallest absolute Gasteiger partial charge is 0.285 e. The lowest BCUT2D eigenvalue weighted by atomic mass is 10.2. The van der Waals surface area contributed by atoms with Gasteiger partial charge in [0.05, 0.1) is 30.8 Å². The second kappa shape index (κ2) is 6.70. The van der Waals surface area contributed by atoms with Gasteiger partial charge in [-0.1, -0.05) is 11.6 Å². The van der Waals surface area contributed by atoms with E-state index in [4.69, 9.17) is 16.3 Å². The minimum Gasteiger partial charge on any atom is -0.366 e. The van der Waals surface area contributed by atoms with Crippen molar-refractivity contribution in [2.45, 2.75) is 43.8 Å². The monoisotopic (exact) mass is 348 g/mol. The second-order valence-electron chi connectivity index (χ2n) is 5.98. The summed E-state index contributed by atoms with van der Waals surface area (Å²) in [4.78, 5) is 13.4. The van der Waals surface area contributed by atoms with E-state index in [0.717, 1.165) is 6.42 Å². The average molecular weight is 349 g/mol. The number of alkyl halides is 2. The molecule has 0 amide bonds. The molecule has 3 rings (SSSR count). The first kappa shape index (κ1) is 16.6. The molecule has 1 saturated heterocycles. The molecule has 1 aromatic heterocycles. The number of anilines is 1.